The number of amides is 1. The average Bonchev–Trinajstić information content (AvgIpc) is 2.63. The molecule has 2 N–H and O–H groups in total. The molecule has 2 aliphatic rings. The second-order valence-corrected chi connectivity index (χ2v) is 8.12. The Balaban J connectivity index is 1.63. The molecule has 5 heteroatoms. The van der Waals surface area contributed by atoms with Crippen molar-refractivity contribution in [3.8, 4) is 0 Å². The van der Waals surface area contributed by atoms with Gasteiger partial charge in [0.25, 0.3) is 0 Å². The number of aromatic nitrogens is 1. The van der Waals surface area contributed by atoms with Crippen molar-refractivity contribution < 1.29 is 4.79 Å². The van der Waals surface area contributed by atoms with Gasteiger partial charge in [-0.1, -0.05) is 25.1 Å². The van der Waals surface area contributed by atoms with E-state index in [9.17, 15) is 4.79 Å². The van der Waals surface area contributed by atoms with E-state index in [0.717, 1.165) is 43.7 Å². The minimum absolute atomic E-state index is 0.184. The molecular weight excluding hydrogens is 324 g/mol. The Hall–Kier alpha value is -1.98. The van der Waals surface area contributed by atoms with Crippen molar-refractivity contribution in [3.05, 3.63) is 41.6 Å². The Labute approximate surface area is 155 Å². The summed E-state index contributed by atoms with van der Waals surface area (Å²) in [6.45, 7) is 6.24. The average molecular weight is 352 g/mol. The number of fused-ring (bicyclic) bond motifs is 1. The molecule has 1 aromatic heterocycles. The smallest absolute Gasteiger partial charge is 0.228 e. The van der Waals surface area contributed by atoms with E-state index >= 15 is 0 Å². The molecule has 0 spiro atoms. The topological polar surface area (TPSA) is 62.5 Å². The molecule has 2 aliphatic heterocycles. The van der Waals surface area contributed by atoms with E-state index in [4.69, 9.17) is 5.73 Å². The van der Waals surface area contributed by atoms with E-state index in [1.807, 2.05) is 12.3 Å². The van der Waals surface area contributed by atoms with Gasteiger partial charge in [0.05, 0.1) is 11.4 Å². The normalized spacial score (nSPS) is 24.7. The maximum Gasteiger partial charge on any atom is 0.228 e. The van der Waals surface area contributed by atoms with Crippen LogP contribution in [-0.4, -0.2) is 53.9 Å². The van der Waals surface area contributed by atoms with E-state index in [1.165, 1.54) is 10.9 Å². The molecule has 1 amide bonds. The first-order valence-corrected chi connectivity index (χ1v) is 9.60. The predicted octanol–water partition coefficient (Wildman–Crippen LogP) is 2.21. The molecule has 0 radical (unpaired) electrons. The van der Waals surface area contributed by atoms with Gasteiger partial charge in [-0.2, -0.15) is 0 Å². The summed E-state index contributed by atoms with van der Waals surface area (Å²) in [5.74, 6) is 1.39. The molecule has 2 fully saturated rings. The summed E-state index contributed by atoms with van der Waals surface area (Å²) < 4.78 is 0. The third-order valence-corrected chi connectivity index (χ3v) is 5.93. The fourth-order valence-corrected chi connectivity index (χ4v) is 4.64. The van der Waals surface area contributed by atoms with Gasteiger partial charge in [0.2, 0.25) is 5.91 Å². The fourth-order valence-electron chi connectivity index (χ4n) is 4.64. The number of likely N-dealkylation sites (tertiary alicyclic amines) is 2. The molecule has 0 aliphatic carbocycles. The van der Waals surface area contributed by atoms with Crippen molar-refractivity contribution in [2.75, 3.05) is 33.2 Å². The third kappa shape index (κ3) is 3.10. The first-order valence-electron chi connectivity index (χ1n) is 9.60. The molecule has 3 heterocycles. The van der Waals surface area contributed by atoms with Crippen LogP contribution in [0.1, 0.15) is 30.4 Å². The van der Waals surface area contributed by atoms with Crippen LogP contribution in [0.5, 0.6) is 0 Å². The van der Waals surface area contributed by atoms with Gasteiger partial charge < -0.3 is 15.5 Å². The molecule has 2 aromatic rings. The van der Waals surface area contributed by atoms with Crippen molar-refractivity contribution in [1.29, 1.82) is 0 Å². The van der Waals surface area contributed by atoms with E-state index in [1.54, 1.807) is 0 Å². The van der Waals surface area contributed by atoms with Crippen LogP contribution in [0.4, 0.5) is 0 Å². The van der Waals surface area contributed by atoms with Gasteiger partial charge in [-0.15, -0.1) is 0 Å². The van der Waals surface area contributed by atoms with Crippen LogP contribution < -0.4 is 5.73 Å². The SMILES string of the molecule is C[C@@H]1C[C@H](c2ccc(CN)c3ncccc23)CN(C(=O)C2CN(C)C2)C1. The Kier molecular flexibility index (Phi) is 4.67. The molecule has 26 heavy (non-hydrogen) atoms. The number of nitrogens with zero attached hydrogens (tertiary/aromatic N) is 3. The lowest BCUT2D eigenvalue weighted by atomic mass is 9.82. The maximum atomic E-state index is 12.9. The van der Waals surface area contributed by atoms with E-state index in [-0.39, 0.29) is 5.92 Å². The zero-order valence-electron chi connectivity index (χ0n) is 15.7. The summed E-state index contributed by atoms with van der Waals surface area (Å²) in [5.41, 5.74) is 9.29. The zero-order chi connectivity index (χ0) is 18.3. The number of hydrogen-bond donors (Lipinski definition) is 1. The van der Waals surface area contributed by atoms with Crippen molar-refractivity contribution in [3.63, 3.8) is 0 Å². The summed E-state index contributed by atoms with van der Waals surface area (Å²) in [6.07, 6.45) is 2.94. The Morgan fingerprint density at radius 1 is 1.23 bits per heavy atom. The fraction of sp³-hybridized carbons (Fsp3) is 0.524. The van der Waals surface area contributed by atoms with Crippen LogP contribution >= 0.6 is 0 Å². The lowest BCUT2D eigenvalue weighted by Gasteiger charge is -2.42. The quantitative estimate of drug-likeness (QED) is 0.920. The van der Waals surface area contributed by atoms with Crippen molar-refractivity contribution >= 4 is 16.8 Å². The first-order chi connectivity index (χ1) is 12.6. The molecule has 0 saturated carbocycles. The van der Waals surface area contributed by atoms with Gasteiger partial charge in [0.1, 0.15) is 0 Å². The van der Waals surface area contributed by atoms with E-state index in [2.05, 4.69) is 47.0 Å². The molecule has 0 unspecified atom stereocenters. The second kappa shape index (κ2) is 6.97. The van der Waals surface area contributed by atoms with Crippen molar-refractivity contribution in [2.24, 2.45) is 17.6 Å². The lowest BCUT2D eigenvalue weighted by Crippen LogP contribution is -2.55. The monoisotopic (exact) mass is 352 g/mol. The molecule has 2 saturated heterocycles. The number of rotatable bonds is 3. The number of piperidine rings is 1. The standard InChI is InChI=1S/C21H28N4O/c1-14-8-16(13-25(10-14)21(26)17-11-24(2)12-17)18-6-5-15(9-22)20-19(18)4-3-7-23-20/h3-7,14,16-17H,8-13,22H2,1-2H3/t14-,16+/m1/s1. The first kappa shape index (κ1) is 17.4. The van der Waals surface area contributed by atoms with Gasteiger partial charge in [-0.25, -0.2) is 0 Å². The number of hydrogen-bond acceptors (Lipinski definition) is 4. The Morgan fingerprint density at radius 3 is 2.77 bits per heavy atom. The van der Waals surface area contributed by atoms with Crippen LogP contribution in [-0.2, 0) is 11.3 Å². The van der Waals surface area contributed by atoms with Gasteiger partial charge in [0.15, 0.2) is 0 Å². The van der Waals surface area contributed by atoms with E-state index in [0.29, 0.717) is 24.3 Å². The zero-order valence-corrected chi connectivity index (χ0v) is 15.7. The molecular formula is C21H28N4O. The van der Waals surface area contributed by atoms with Crippen LogP contribution in [0.3, 0.4) is 0 Å². The summed E-state index contributed by atoms with van der Waals surface area (Å²) >= 11 is 0. The summed E-state index contributed by atoms with van der Waals surface area (Å²) in [6, 6.07) is 8.44. The molecule has 0 bridgehead atoms. The van der Waals surface area contributed by atoms with Gasteiger partial charge in [-0.3, -0.25) is 9.78 Å². The highest BCUT2D eigenvalue weighted by Crippen LogP contribution is 2.35. The third-order valence-electron chi connectivity index (χ3n) is 5.93. The minimum Gasteiger partial charge on any atom is -0.341 e. The number of benzene rings is 1. The van der Waals surface area contributed by atoms with Crippen molar-refractivity contribution in [2.45, 2.75) is 25.8 Å². The second-order valence-electron chi connectivity index (χ2n) is 8.12. The highest BCUT2D eigenvalue weighted by molar-refractivity contribution is 5.86. The van der Waals surface area contributed by atoms with Crippen LogP contribution in [0.2, 0.25) is 0 Å². The summed E-state index contributed by atoms with van der Waals surface area (Å²) in [7, 11) is 2.07. The van der Waals surface area contributed by atoms with Gasteiger partial charge in [0, 0.05) is 50.2 Å². The highest BCUT2D eigenvalue weighted by Gasteiger charge is 2.37. The number of nitrogens with two attached hydrogens (primary N) is 1. The molecule has 4 rings (SSSR count). The molecule has 138 valence electrons. The minimum atomic E-state index is 0.184. The largest absolute Gasteiger partial charge is 0.341 e. The summed E-state index contributed by atoms with van der Waals surface area (Å²) in [5, 5.41) is 1.19. The lowest BCUT2D eigenvalue weighted by molar-refractivity contribution is -0.142. The Morgan fingerprint density at radius 2 is 2.04 bits per heavy atom. The van der Waals surface area contributed by atoms with E-state index < -0.39 is 0 Å². The van der Waals surface area contributed by atoms with Crippen LogP contribution in [0, 0.1) is 11.8 Å². The van der Waals surface area contributed by atoms with Crippen molar-refractivity contribution in [1.82, 2.24) is 14.8 Å². The predicted molar refractivity (Wildman–Crippen MR) is 104 cm³/mol. The Bertz CT molecular complexity index is 815. The number of carbonyl (C=O) groups excluding carboxylic acids is 1. The number of pyridine rings is 1. The maximum absolute atomic E-state index is 12.9. The van der Waals surface area contributed by atoms with Crippen LogP contribution in [0.25, 0.3) is 10.9 Å². The molecule has 5 nitrogen and oxygen atoms in total. The highest BCUT2D eigenvalue weighted by atomic mass is 16.2. The van der Waals surface area contributed by atoms with Crippen LogP contribution in [0.15, 0.2) is 30.5 Å². The van der Waals surface area contributed by atoms with Gasteiger partial charge >= 0.3 is 0 Å². The number of carbonyl (C=O) groups is 1. The molecule has 1 aromatic carbocycles. The molecule has 2 atom stereocenters. The van der Waals surface area contributed by atoms with Gasteiger partial charge in [-0.05, 0) is 36.6 Å². The summed E-state index contributed by atoms with van der Waals surface area (Å²) in [4.78, 5) is 21.8.